The Morgan fingerprint density at radius 2 is 1.94 bits per heavy atom. The van der Waals surface area contributed by atoms with Gasteiger partial charge in [-0.05, 0) is 31.1 Å². The molecular weight excluding hydrogens is 214 g/mol. The number of rotatable bonds is 9. The zero-order chi connectivity index (χ0) is 12.9. The number of aliphatic hydroxyl groups excluding tert-OH is 1. The maximum atomic E-state index is 9.70. The van der Waals surface area contributed by atoms with E-state index in [1.54, 1.807) is 0 Å². The molecule has 1 aliphatic carbocycles. The molecule has 0 aromatic heterocycles. The van der Waals surface area contributed by atoms with Crippen LogP contribution in [0.1, 0.15) is 47.0 Å². The minimum Gasteiger partial charge on any atom is -0.394 e. The van der Waals surface area contributed by atoms with Crippen molar-refractivity contribution in [1.82, 2.24) is 5.32 Å². The zero-order valence-corrected chi connectivity index (χ0v) is 11.8. The average Bonchev–Trinajstić information content (AvgIpc) is 3.05. The molecule has 0 radical (unpaired) electrons. The maximum Gasteiger partial charge on any atom is 0.0681 e. The number of aliphatic hydroxyl groups is 1. The van der Waals surface area contributed by atoms with Crippen LogP contribution < -0.4 is 5.32 Å². The molecule has 1 rings (SSSR count). The third-order valence-corrected chi connectivity index (χ3v) is 3.42. The molecule has 1 unspecified atom stereocenters. The number of ether oxygens (including phenoxy) is 1. The highest BCUT2D eigenvalue weighted by atomic mass is 16.5. The SMILES string of the molecule is CC(C)CCOCC(CO)(NC(C)C)C1CC1. The van der Waals surface area contributed by atoms with Gasteiger partial charge < -0.3 is 15.2 Å². The van der Waals surface area contributed by atoms with E-state index in [-0.39, 0.29) is 12.1 Å². The molecule has 3 heteroatoms. The van der Waals surface area contributed by atoms with E-state index >= 15 is 0 Å². The second-order valence-electron chi connectivity index (χ2n) is 6.12. The van der Waals surface area contributed by atoms with Crippen molar-refractivity contribution in [1.29, 1.82) is 0 Å². The molecule has 3 nitrogen and oxygen atoms in total. The zero-order valence-electron chi connectivity index (χ0n) is 11.8. The molecule has 0 aromatic rings. The van der Waals surface area contributed by atoms with E-state index in [2.05, 4.69) is 33.0 Å². The van der Waals surface area contributed by atoms with Gasteiger partial charge in [0, 0.05) is 12.6 Å². The topological polar surface area (TPSA) is 41.5 Å². The molecule has 1 atom stereocenters. The monoisotopic (exact) mass is 243 g/mol. The highest BCUT2D eigenvalue weighted by Crippen LogP contribution is 2.40. The van der Waals surface area contributed by atoms with Crippen LogP contribution in [0.2, 0.25) is 0 Å². The molecule has 0 spiro atoms. The fraction of sp³-hybridized carbons (Fsp3) is 1.00. The van der Waals surface area contributed by atoms with E-state index in [4.69, 9.17) is 4.74 Å². The molecule has 2 N–H and O–H groups in total. The molecule has 1 saturated carbocycles. The highest BCUT2D eigenvalue weighted by Gasteiger charge is 2.45. The van der Waals surface area contributed by atoms with E-state index in [0.717, 1.165) is 13.0 Å². The Morgan fingerprint density at radius 3 is 2.35 bits per heavy atom. The first kappa shape index (κ1) is 14.9. The van der Waals surface area contributed by atoms with Crippen LogP contribution in [0.4, 0.5) is 0 Å². The number of hydrogen-bond acceptors (Lipinski definition) is 3. The summed E-state index contributed by atoms with van der Waals surface area (Å²) in [5, 5.41) is 13.2. The molecule has 0 amide bonds. The number of nitrogens with one attached hydrogen (secondary N) is 1. The van der Waals surface area contributed by atoms with Crippen molar-refractivity contribution in [2.24, 2.45) is 11.8 Å². The lowest BCUT2D eigenvalue weighted by Crippen LogP contribution is -2.56. The van der Waals surface area contributed by atoms with E-state index in [9.17, 15) is 5.11 Å². The van der Waals surface area contributed by atoms with Crippen molar-refractivity contribution in [3.05, 3.63) is 0 Å². The lowest BCUT2D eigenvalue weighted by molar-refractivity contribution is 0.0159. The summed E-state index contributed by atoms with van der Waals surface area (Å²) in [5.41, 5.74) is -0.203. The lowest BCUT2D eigenvalue weighted by atomic mass is 9.94. The first-order valence-corrected chi connectivity index (χ1v) is 6.96. The summed E-state index contributed by atoms with van der Waals surface area (Å²) < 4.78 is 5.78. The van der Waals surface area contributed by atoms with Gasteiger partial charge in [0.1, 0.15) is 0 Å². The maximum absolute atomic E-state index is 9.70. The van der Waals surface area contributed by atoms with Crippen LogP contribution in [0.5, 0.6) is 0 Å². The predicted molar refractivity (Wildman–Crippen MR) is 71.1 cm³/mol. The summed E-state index contributed by atoms with van der Waals surface area (Å²) in [6, 6.07) is 0.386. The summed E-state index contributed by atoms with van der Waals surface area (Å²) in [6.45, 7) is 10.3. The number of hydrogen-bond donors (Lipinski definition) is 2. The van der Waals surface area contributed by atoms with Crippen molar-refractivity contribution in [3.8, 4) is 0 Å². The standard InChI is InChI=1S/C14H29NO2/c1-11(2)7-8-17-10-14(9-16,13-5-6-13)15-12(3)4/h11-13,15-16H,5-10H2,1-4H3. The first-order valence-electron chi connectivity index (χ1n) is 6.96. The molecule has 0 bridgehead atoms. The average molecular weight is 243 g/mol. The molecule has 0 saturated heterocycles. The molecular formula is C14H29NO2. The Balaban J connectivity index is 2.40. The van der Waals surface area contributed by atoms with Gasteiger partial charge in [0.15, 0.2) is 0 Å². The van der Waals surface area contributed by atoms with E-state index in [1.165, 1.54) is 12.8 Å². The third kappa shape index (κ3) is 4.94. The van der Waals surface area contributed by atoms with Gasteiger partial charge in [-0.1, -0.05) is 27.7 Å². The fourth-order valence-electron chi connectivity index (χ4n) is 2.28. The lowest BCUT2D eigenvalue weighted by Gasteiger charge is -2.35. The van der Waals surface area contributed by atoms with Gasteiger partial charge >= 0.3 is 0 Å². The second kappa shape index (κ2) is 6.72. The molecule has 0 aromatic carbocycles. The van der Waals surface area contributed by atoms with Gasteiger partial charge in [0.2, 0.25) is 0 Å². The Kier molecular flexibility index (Phi) is 5.90. The fourth-order valence-corrected chi connectivity index (χ4v) is 2.28. The second-order valence-corrected chi connectivity index (χ2v) is 6.12. The molecule has 17 heavy (non-hydrogen) atoms. The van der Waals surface area contributed by atoms with Crippen LogP contribution in [0.3, 0.4) is 0 Å². The van der Waals surface area contributed by atoms with Crippen molar-refractivity contribution in [2.75, 3.05) is 19.8 Å². The molecule has 0 heterocycles. The Hall–Kier alpha value is -0.120. The third-order valence-electron chi connectivity index (χ3n) is 3.42. The van der Waals surface area contributed by atoms with E-state index in [1.807, 2.05) is 0 Å². The Morgan fingerprint density at radius 1 is 1.29 bits per heavy atom. The van der Waals surface area contributed by atoms with Crippen LogP contribution in [0.25, 0.3) is 0 Å². The highest BCUT2D eigenvalue weighted by molar-refractivity contribution is 5.01. The quantitative estimate of drug-likeness (QED) is 0.610. The van der Waals surface area contributed by atoms with Gasteiger partial charge in [0.05, 0.1) is 18.8 Å². The van der Waals surface area contributed by atoms with E-state index in [0.29, 0.717) is 24.5 Å². The summed E-state index contributed by atoms with van der Waals surface area (Å²) in [4.78, 5) is 0. The summed E-state index contributed by atoms with van der Waals surface area (Å²) in [7, 11) is 0. The van der Waals surface area contributed by atoms with Crippen LogP contribution in [0.15, 0.2) is 0 Å². The summed E-state index contributed by atoms with van der Waals surface area (Å²) in [6.07, 6.45) is 3.52. The molecule has 1 fully saturated rings. The predicted octanol–water partition coefficient (Wildman–Crippen LogP) is 2.19. The van der Waals surface area contributed by atoms with Gasteiger partial charge in [-0.2, -0.15) is 0 Å². The minimum atomic E-state index is -0.203. The Bertz CT molecular complexity index is 214. The smallest absolute Gasteiger partial charge is 0.0681 e. The van der Waals surface area contributed by atoms with Crippen LogP contribution in [-0.4, -0.2) is 36.5 Å². The van der Waals surface area contributed by atoms with Crippen molar-refractivity contribution in [2.45, 2.75) is 58.5 Å². The van der Waals surface area contributed by atoms with Crippen LogP contribution in [-0.2, 0) is 4.74 Å². The molecule has 0 aliphatic heterocycles. The molecule has 102 valence electrons. The Labute approximate surface area is 106 Å². The van der Waals surface area contributed by atoms with Gasteiger partial charge in [0.25, 0.3) is 0 Å². The molecule has 1 aliphatic rings. The summed E-state index contributed by atoms with van der Waals surface area (Å²) in [5.74, 6) is 1.27. The van der Waals surface area contributed by atoms with Crippen molar-refractivity contribution in [3.63, 3.8) is 0 Å². The normalized spacial score (nSPS) is 19.9. The van der Waals surface area contributed by atoms with E-state index < -0.39 is 0 Å². The van der Waals surface area contributed by atoms with Crippen molar-refractivity contribution >= 4 is 0 Å². The van der Waals surface area contributed by atoms with Gasteiger partial charge in [-0.25, -0.2) is 0 Å². The first-order chi connectivity index (χ1) is 8.00. The largest absolute Gasteiger partial charge is 0.394 e. The van der Waals surface area contributed by atoms with Crippen molar-refractivity contribution < 1.29 is 9.84 Å². The van der Waals surface area contributed by atoms with Crippen LogP contribution in [0, 0.1) is 11.8 Å². The minimum absolute atomic E-state index is 0.178. The van der Waals surface area contributed by atoms with Gasteiger partial charge in [-0.15, -0.1) is 0 Å². The van der Waals surface area contributed by atoms with Crippen LogP contribution >= 0.6 is 0 Å². The summed E-state index contributed by atoms with van der Waals surface area (Å²) >= 11 is 0. The van der Waals surface area contributed by atoms with Gasteiger partial charge in [-0.3, -0.25) is 0 Å².